The summed E-state index contributed by atoms with van der Waals surface area (Å²) in [5.74, 6) is 0. The number of H-pyrrole nitrogens is 1. The van der Waals surface area contributed by atoms with Gasteiger partial charge in [0.05, 0.1) is 11.2 Å². The van der Waals surface area contributed by atoms with Crippen molar-refractivity contribution in [1.82, 2.24) is 20.1 Å². The molecule has 0 amide bonds. The predicted octanol–water partition coefficient (Wildman–Crippen LogP) is 2.89. The smallest absolute Gasteiger partial charge is 0.0705 e. The summed E-state index contributed by atoms with van der Waals surface area (Å²) >= 11 is 6.37. The van der Waals surface area contributed by atoms with Crippen LogP contribution in [0.5, 0.6) is 0 Å². The van der Waals surface area contributed by atoms with Crippen LogP contribution in [0.15, 0.2) is 36.7 Å². The molecule has 1 aromatic carbocycles. The quantitative estimate of drug-likeness (QED) is 0.709. The number of nitrogens with one attached hydrogen (secondary N) is 2. The third kappa shape index (κ3) is 2.71. The number of halogens is 1. The van der Waals surface area contributed by atoms with E-state index in [1.807, 2.05) is 48.4 Å². The molecule has 0 aliphatic heterocycles. The minimum absolute atomic E-state index is 0.744. The van der Waals surface area contributed by atoms with Crippen LogP contribution in [0.4, 0.5) is 0 Å². The molecule has 0 saturated carbocycles. The zero-order valence-corrected chi connectivity index (χ0v) is 12.1. The van der Waals surface area contributed by atoms with Gasteiger partial charge in [0.2, 0.25) is 0 Å². The van der Waals surface area contributed by atoms with Gasteiger partial charge in [0.1, 0.15) is 0 Å². The average molecular weight is 289 g/mol. The minimum Gasteiger partial charge on any atom is -0.356 e. The highest BCUT2D eigenvalue weighted by Gasteiger charge is 2.08. The Morgan fingerprint density at radius 2 is 2.20 bits per heavy atom. The zero-order chi connectivity index (χ0) is 13.9. The number of hydrogen-bond acceptors (Lipinski definition) is 2. The molecule has 2 N–H and O–H groups in total. The fourth-order valence-electron chi connectivity index (χ4n) is 2.33. The van der Waals surface area contributed by atoms with Crippen molar-refractivity contribution >= 4 is 22.5 Å². The van der Waals surface area contributed by atoms with Crippen LogP contribution < -0.4 is 5.32 Å². The molecule has 5 heteroatoms. The van der Waals surface area contributed by atoms with Gasteiger partial charge in [-0.25, -0.2) is 0 Å². The number of aromatic amines is 1. The Morgan fingerprint density at radius 1 is 1.35 bits per heavy atom. The molecule has 0 bridgehead atoms. The van der Waals surface area contributed by atoms with Crippen LogP contribution in [0.3, 0.4) is 0 Å². The first-order valence-electron chi connectivity index (χ1n) is 6.67. The number of hydrogen-bond donors (Lipinski definition) is 2. The first-order valence-corrected chi connectivity index (χ1v) is 7.05. The fraction of sp³-hybridized carbons (Fsp3) is 0.267. The largest absolute Gasteiger partial charge is 0.356 e. The lowest BCUT2D eigenvalue weighted by Gasteiger charge is -2.02. The third-order valence-electron chi connectivity index (χ3n) is 3.36. The standard InChI is InChI=1S/C15H17ClN4/c1-20-10-11(8-18-20)6-7-17-9-14-15(16)12-4-2-3-5-13(12)19-14/h2-5,8,10,17,19H,6-7,9H2,1H3. The maximum absolute atomic E-state index is 6.37. The molecule has 104 valence electrons. The van der Waals surface area contributed by atoms with Crippen LogP contribution in [0.2, 0.25) is 5.02 Å². The molecule has 4 nitrogen and oxygen atoms in total. The Kier molecular flexibility index (Phi) is 3.76. The van der Waals surface area contributed by atoms with Gasteiger partial charge >= 0.3 is 0 Å². The summed E-state index contributed by atoms with van der Waals surface area (Å²) in [6, 6.07) is 8.09. The second kappa shape index (κ2) is 5.69. The van der Waals surface area contributed by atoms with Crippen LogP contribution in [0, 0.1) is 0 Å². The molecular formula is C15H17ClN4. The van der Waals surface area contributed by atoms with Crippen molar-refractivity contribution in [3.8, 4) is 0 Å². The highest BCUT2D eigenvalue weighted by atomic mass is 35.5. The van der Waals surface area contributed by atoms with Gasteiger partial charge in [-0.2, -0.15) is 5.10 Å². The molecule has 3 rings (SSSR count). The van der Waals surface area contributed by atoms with E-state index in [0.717, 1.165) is 41.1 Å². The summed E-state index contributed by atoms with van der Waals surface area (Å²) in [7, 11) is 1.93. The van der Waals surface area contributed by atoms with E-state index in [-0.39, 0.29) is 0 Å². The molecule has 0 atom stereocenters. The second-order valence-corrected chi connectivity index (χ2v) is 5.29. The van der Waals surface area contributed by atoms with E-state index in [9.17, 15) is 0 Å². The summed E-state index contributed by atoms with van der Waals surface area (Å²) in [6.45, 7) is 1.64. The van der Waals surface area contributed by atoms with Crippen molar-refractivity contribution in [3.05, 3.63) is 52.9 Å². The van der Waals surface area contributed by atoms with E-state index in [0.29, 0.717) is 0 Å². The number of aromatic nitrogens is 3. The summed E-state index contributed by atoms with van der Waals surface area (Å²) in [5.41, 5.74) is 3.36. The van der Waals surface area contributed by atoms with E-state index in [1.165, 1.54) is 5.56 Å². The van der Waals surface area contributed by atoms with E-state index in [1.54, 1.807) is 0 Å². The first-order chi connectivity index (χ1) is 9.74. The van der Waals surface area contributed by atoms with Crippen molar-refractivity contribution < 1.29 is 0 Å². The third-order valence-corrected chi connectivity index (χ3v) is 3.80. The topological polar surface area (TPSA) is 45.6 Å². The monoisotopic (exact) mass is 288 g/mol. The average Bonchev–Trinajstić information content (AvgIpc) is 3.00. The van der Waals surface area contributed by atoms with Crippen LogP contribution in [-0.2, 0) is 20.0 Å². The number of rotatable bonds is 5. The molecule has 0 saturated heterocycles. The van der Waals surface area contributed by atoms with Crippen LogP contribution in [-0.4, -0.2) is 21.3 Å². The van der Waals surface area contributed by atoms with Crippen molar-refractivity contribution in [3.63, 3.8) is 0 Å². The SMILES string of the molecule is Cn1cc(CCNCc2[nH]c3ccccc3c2Cl)cn1. The molecule has 0 spiro atoms. The number of fused-ring (bicyclic) bond motifs is 1. The lowest BCUT2D eigenvalue weighted by molar-refractivity contribution is 0.678. The van der Waals surface area contributed by atoms with Crippen LogP contribution in [0.25, 0.3) is 10.9 Å². The van der Waals surface area contributed by atoms with Crippen molar-refractivity contribution in [2.75, 3.05) is 6.54 Å². The van der Waals surface area contributed by atoms with E-state index < -0.39 is 0 Å². The highest BCUT2D eigenvalue weighted by Crippen LogP contribution is 2.26. The molecule has 3 aromatic rings. The van der Waals surface area contributed by atoms with Crippen molar-refractivity contribution in [2.24, 2.45) is 7.05 Å². The summed E-state index contributed by atoms with van der Waals surface area (Å²) in [5, 5.41) is 9.46. The molecule has 20 heavy (non-hydrogen) atoms. The maximum atomic E-state index is 6.37. The summed E-state index contributed by atoms with van der Waals surface area (Å²) in [6.07, 6.45) is 4.90. The zero-order valence-electron chi connectivity index (χ0n) is 11.4. The van der Waals surface area contributed by atoms with Crippen molar-refractivity contribution in [1.29, 1.82) is 0 Å². The number of benzene rings is 1. The summed E-state index contributed by atoms with van der Waals surface area (Å²) < 4.78 is 1.82. The first kappa shape index (κ1) is 13.2. The van der Waals surface area contributed by atoms with E-state index >= 15 is 0 Å². The molecular weight excluding hydrogens is 272 g/mol. The Bertz CT molecular complexity index is 714. The molecule has 0 unspecified atom stereocenters. The minimum atomic E-state index is 0.744. The Balaban J connectivity index is 1.58. The lowest BCUT2D eigenvalue weighted by atomic mass is 10.2. The molecule has 0 aliphatic rings. The van der Waals surface area contributed by atoms with Gasteiger partial charge in [-0.05, 0) is 24.6 Å². The van der Waals surface area contributed by atoms with Gasteiger partial charge < -0.3 is 10.3 Å². The maximum Gasteiger partial charge on any atom is 0.0705 e. The molecule has 0 radical (unpaired) electrons. The highest BCUT2D eigenvalue weighted by molar-refractivity contribution is 6.36. The number of aryl methyl sites for hydroxylation is 1. The lowest BCUT2D eigenvalue weighted by Crippen LogP contribution is -2.16. The van der Waals surface area contributed by atoms with Gasteiger partial charge in [0.25, 0.3) is 0 Å². The van der Waals surface area contributed by atoms with Crippen LogP contribution in [0.1, 0.15) is 11.3 Å². The van der Waals surface area contributed by atoms with E-state index in [2.05, 4.69) is 15.4 Å². The van der Waals surface area contributed by atoms with Crippen molar-refractivity contribution in [2.45, 2.75) is 13.0 Å². The predicted molar refractivity (Wildman–Crippen MR) is 81.9 cm³/mol. The fourth-order valence-corrected chi connectivity index (χ4v) is 2.61. The van der Waals surface area contributed by atoms with Gasteiger partial charge in [-0.1, -0.05) is 29.8 Å². The normalized spacial score (nSPS) is 11.3. The van der Waals surface area contributed by atoms with Crippen LogP contribution >= 0.6 is 11.6 Å². The Hall–Kier alpha value is -1.78. The Labute approximate surface area is 122 Å². The molecule has 0 fully saturated rings. The van der Waals surface area contributed by atoms with Gasteiger partial charge in [0, 0.05) is 36.4 Å². The molecule has 0 aliphatic carbocycles. The van der Waals surface area contributed by atoms with Gasteiger partial charge in [0.15, 0.2) is 0 Å². The van der Waals surface area contributed by atoms with E-state index in [4.69, 9.17) is 11.6 Å². The summed E-state index contributed by atoms with van der Waals surface area (Å²) in [4.78, 5) is 3.36. The second-order valence-electron chi connectivity index (χ2n) is 4.91. The number of para-hydroxylation sites is 1. The molecule has 2 aromatic heterocycles. The Morgan fingerprint density at radius 3 is 2.95 bits per heavy atom. The molecule has 2 heterocycles. The van der Waals surface area contributed by atoms with Gasteiger partial charge in [-0.3, -0.25) is 4.68 Å². The number of nitrogens with zero attached hydrogens (tertiary/aromatic N) is 2. The van der Waals surface area contributed by atoms with Gasteiger partial charge in [-0.15, -0.1) is 0 Å².